The molecule has 3 amide bonds. The van der Waals surface area contributed by atoms with E-state index < -0.39 is 30.1 Å². The van der Waals surface area contributed by atoms with E-state index in [1.165, 1.54) is 0 Å². The summed E-state index contributed by atoms with van der Waals surface area (Å²) in [6.45, 7) is 0.636. The predicted molar refractivity (Wildman–Crippen MR) is 165 cm³/mol. The highest BCUT2D eigenvalue weighted by Gasteiger charge is 2.43. The molecule has 2 N–H and O–H groups in total. The van der Waals surface area contributed by atoms with Gasteiger partial charge in [0, 0.05) is 60.4 Å². The summed E-state index contributed by atoms with van der Waals surface area (Å²) < 4.78 is 44.1. The van der Waals surface area contributed by atoms with Gasteiger partial charge in [-0.05, 0) is 74.7 Å². The Bertz CT molecular complexity index is 1540. The number of piperidine rings is 1. The first-order valence-corrected chi connectivity index (χ1v) is 15.3. The summed E-state index contributed by atoms with van der Waals surface area (Å²) in [4.78, 5) is 46.9. The second-order valence-corrected chi connectivity index (χ2v) is 12.5. The summed E-state index contributed by atoms with van der Waals surface area (Å²) in [7, 11) is 3.97. The highest BCUT2D eigenvalue weighted by Crippen LogP contribution is 2.33. The number of carbonyl (C=O) groups excluding carboxylic acids is 3. The molecule has 0 radical (unpaired) electrons. The number of likely N-dealkylation sites (tertiary alicyclic amines) is 1. The van der Waals surface area contributed by atoms with Crippen molar-refractivity contribution in [3.8, 4) is 0 Å². The van der Waals surface area contributed by atoms with Crippen molar-refractivity contribution in [2.75, 3.05) is 51.8 Å². The van der Waals surface area contributed by atoms with Crippen LogP contribution in [0.2, 0.25) is 5.02 Å². The highest BCUT2D eigenvalue weighted by atomic mass is 35.5. The second-order valence-electron chi connectivity index (χ2n) is 12.0. The van der Waals surface area contributed by atoms with Gasteiger partial charge in [-0.1, -0.05) is 29.8 Å². The Morgan fingerprint density at radius 3 is 2.58 bits per heavy atom. The maximum absolute atomic E-state index is 14.3. The first-order chi connectivity index (χ1) is 21.4. The molecule has 2 atom stereocenters. The Morgan fingerprint density at radius 1 is 1.13 bits per heavy atom. The van der Waals surface area contributed by atoms with Crippen molar-refractivity contribution in [3.05, 3.63) is 64.8 Å². The number of benzene rings is 2. The summed E-state index contributed by atoms with van der Waals surface area (Å²) in [5, 5.41) is 4.41. The van der Waals surface area contributed by atoms with Crippen LogP contribution in [0.1, 0.15) is 24.0 Å². The minimum Gasteiger partial charge on any atom is -0.368 e. The zero-order valence-electron chi connectivity index (χ0n) is 25.2. The number of nitrogens with one attached hydrogen (secondary N) is 2. The fraction of sp³-hybridized carbons (Fsp3) is 0.469. The van der Waals surface area contributed by atoms with Gasteiger partial charge >= 0.3 is 12.1 Å². The van der Waals surface area contributed by atoms with Gasteiger partial charge in [-0.15, -0.1) is 0 Å². The van der Waals surface area contributed by atoms with E-state index in [-0.39, 0.29) is 50.8 Å². The Morgan fingerprint density at radius 2 is 1.87 bits per heavy atom. The summed E-state index contributed by atoms with van der Waals surface area (Å²) in [6.07, 6.45) is -2.24. The first kappa shape index (κ1) is 32.8. The van der Waals surface area contributed by atoms with Crippen LogP contribution in [0.5, 0.6) is 0 Å². The van der Waals surface area contributed by atoms with Gasteiger partial charge in [0.2, 0.25) is 11.8 Å². The van der Waals surface area contributed by atoms with Gasteiger partial charge in [0.1, 0.15) is 12.6 Å². The van der Waals surface area contributed by atoms with Gasteiger partial charge in [0.15, 0.2) is 0 Å². The van der Waals surface area contributed by atoms with Crippen LogP contribution in [0, 0.1) is 5.92 Å². The molecule has 0 unspecified atom stereocenters. The topological polar surface area (TPSA) is 98.0 Å². The molecule has 242 valence electrons. The third-order valence-electron chi connectivity index (χ3n) is 8.33. The van der Waals surface area contributed by atoms with Crippen molar-refractivity contribution in [3.63, 3.8) is 0 Å². The van der Waals surface area contributed by atoms with Crippen LogP contribution in [0.15, 0.2) is 48.7 Å². The van der Waals surface area contributed by atoms with Crippen molar-refractivity contribution in [1.82, 2.24) is 20.1 Å². The first-order valence-electron chi connectivity index (χ1n) is 15.0. The number of carbonyl (C=O) groups is 3. The lowest BCUT2D eigenvalue weighted by Gasteiger charge is -2.37. The van der Waals surface area contributed by atoms with Crippen LogP contribution in [0.25, 0.3) is 10.9 Å². The number of para-hydroxylation sites is 1. The minimum absolute atomic E-state index is 0.112. The maximum Gasteiger partial charge on any atom is 0.471 e. The van der Waals surface area contributed by atoms with Crippen molar-refractivity contribution < 1.29 is 32.3 Å². The molecular weight excluding hydrogens is 611 g/mol. The summed E-state index contributed by atoms with van der Waals surface area (Å²) >= 11 is 6.32. The van der Waals surface area contributed by atoms with E-state index in [4.69, 9.17) is 16.3 Å². The van der Waals surface area contributed by atoms with E-state index in [0.717, 1.165) is 45.6 Å². The van der Waals surface area contributed by atoms with Crippen LogP contribution in [0.4, 0.5) is 18.9 Å². The van der Waals surface area contributed by atoms with E-state index in [1.54, 1.807) is 11.0 Å². The number of hydrogen-bond donors (Lipinski definition) is 2. The second kappa shape index (κ2) is 13.8. The lowest BCUT2D eigenvalue weighted by molar-refractivity contribution is -0.187. The molecular formula is C32H37ClF3N5O4. The lowest BCUT2D eigenvalue weighted by Crippen LogP contribution is -2.54. The molecule has 3 heterocycles. The van der Waals surface area contributed by atoms with Gasteiger partial charge < -0.3 is 29.7 Å². The lowest BCUT2D eigenvalue weighted by atomic mass is 9.91. The molecule has 2 aliphatic heterocycles. The Labute approximate surface area is 264 Å². The normalized spacial score (nSPS) is 18.2. The molecule has 2 aliphatic rings. The minimum atomic E-state index is -4.92. The van der Waals surface area contributed by atoms with E-state index >= 15 is 0 Å². The fourth-order valence-corrected chi connectivity index (χ4v) is 6.50. The molecule has 1 aromatic heterocycles. The SMILES string of the molecule is CN(C)C[C@H]1Cc2cc(Cl)ccc2N(C(=O)[C@@H](Cc2c[nH]c3ccccc23)NC(=O)COC2CCN(C(=O)C(F)(F)F)CC2)C1. The number of halogens is 4. The molecule has 0 spiro atoms. The number of rotatable bonds is 9. The molecule has 2 aromatic carbocycles. The molecule has 0 bridgehead atoms. The zero-order valence-corrected chi connectivity index (χ0v) is 26.0. The number of amides is 3. The third-order valence-corrected chi connectivity index (χ3v) is 8.56. The molecule has 1 fully saturated rings. The third kappa shape index (κ3) is 7.98. The molecule has 0 aliphatic carbocycles. The Kier molecular flexibility index (Phi) is 10.0. The molecule has 1 saturated heterocycles. The van der Waals surface area contributed by atoms with Crippen LogP contribution < -0.4 is 10.2 Å². The Hall–Kier alpha value is -3.61. The van der Waals surface area contributed by atoms with E-state index in [0.29, 0.717) is 11.6 Å². The van der Waals surface area contributed by atoms with Crippen molar-refractivity contribution in [2.45, 2.75) is 44.0 Å². The summed E-state index contributed by atoms with van der Waals surface area (Å²) in [6, 6.07) is 12.3. The number of aromatic amines is 1. The molecule has 3 aromatic rings. The number of hydrogen-bond acceptors (Lipinski definition) is 5. The number of nitrogens with zero attached hydrogens (tertiary/aromatic N) is 3. The molecule has 0 saturated carbocycles. The smallest absolute Gasteiger partial charge is 0.368 e. The van der Waals surface area contributed by atoms with Crippen molar-refractivity contribution >= 4 is 45.9 Å². The average Bonchev–Trinajstić information content (AvgIpc) is 3.40. The molecule has 13 heteroatoms. The quantitative estimate of drug-likeness (QED) is 0.363. The van der Waals surface area contributed by atoms with Crippen LogP contribution in [-0.4, -0.2) is 97.7 Å². The number of fused-ring (bicyclic) bond motifs is 2. The van der Waals surface area contributed by atoms with Crippen LogP contribution in [-0.2, 0) is 32.0 Å². The van der Waals surface area contributed by atoms with E-state index in [1.807, 2.05) is 56.7 Å². The van der Waals surface area contributed by atoms with Crippen molar-refractivity contribution in [1.29, 1.82) is 0 Å². The summed E-state index contributed by atoms with van der Waals surface area (Å²) in [5.41, 5.74) is 3.50. The standard InChI is InChI=1S/C32H37ClF3N5O4/c1-39(2)17-20-13-21-14-23(33)7-8-28(21)41(18-20)30(43)27(15-22-16-37-26-6-4-3-5-25(22)26)38-29(42)19-45-24-9-11-40(12-10-24)31(44)32(34,35)36/h3-8,14,16,20,24,27,37H,9-13,15,17-19H2,1-2H3,(H,38,42)/t20-,27-/m1/s1. The maximum atomic E-state index is 14.3. The Balaban J connectivity index is 1.32. The van der Waals surface area contributed by atoms with E-state index in [9.17, 15) is 27.6 Å². The molecule has 45 heavy (non-hydrogen) atoms. The van der Waals surface area contributed by atoms with Gasteiger partial charge in [-0.25, -0.2) is 0 Å². The van der Waals surface area contributed by atoms with Gasteiger partial charge in [-0.3, -0.25) is 14.4 Å². The predicted octanol–water partition coefficient (Wildman–Crippen LogP) is 4.19. The fourth-order valence-electron chi connectivity index (χ4n) is 6.30. The average molecular weight is 648 g/mol. The monoisotopic (exact) mass is 647 g/mol. The van der Waals surface area contributed by atoms with E-state index in [2.05, 4.69) is 15.2 Å². The highest BCUT2D eigenvalue weighted by molar-refractivity contribution is 6.30. The van der Waals surface area contributed by atoms with Crippen molar-refractivity contribution in [2.24, 2.45) is 5.92 Å². The largest absolute Gasteiger partial charge is 0.471 e. The zero-order chi connectivity index (χ0) is 32.3. The number of anilines is 1. The molecule has 9 nitrogen and oxygen atoms in total. The number of H-pyrrole nitrogens is 1. The van der Waals surface area contributed by atoms with Crippen LogP contribution in [0.3, 0.4) is 0 Å². The van der Waals surface area contributed by atoms with Gasteiger partial charge in [0.05, 0.1) is 6.10 Å². The number of aromatic nitrogens is 1. The summed E-state index contributed by atoms with van der Waals surface area (Å²) in [5.74, 6) is -2.50. The number of ether oxygens (including phenoxy) is 1. The number of alkyl halides is 3. The van der Waals surface area contributed by atoms with Gasteiger partial charge in [-0.2, -0.15) is 13.2 Å². The van der Waals surface area contributed by atoms with Gasteiger partial charge in [0.25, 0.3) is 0 Å². The molecule has 5 rings (SSSR count). The van der Waals surface area contributed by atoms with Crippen LogP contribution >= 0.6 is 11.6 Å².